The Labute approximate surface area is 123 Å². The third-order valence-electron chi connectivity index (χ3n) is 2.70. The van der Waals surface area contributed by atoms with E-state index in [1.54, 1.807) is 31.3 Å². The molecule has 6 nitrogen and oxygen atoms in total. The van der Waals surface area contributed by atoms with Crippen LogP contribution in [0.15, 0.2) is 12.1 Å². The van der Waals surface area contributed by atoms with E-state index < -0.39 is 0 Å². The maximum absolute atomic E-state index is 12.4. The molecule has 0 aromatic carbocycles. The quantitative estimate of drug-likeness (QED) is 0.735. The number of methoxy groups -OCH3 is 2. The van der Waals surface area contributed by atoms with Gasteiger partial charge < -0.3 is 20.1 Å². The monoisotopic (exact) mass is 301 g/mol. The smallest absolute Gasteiger partial charge is 0.274 e. The number of hydrogen-bond donors (Lipinski definition) is 1. The van der Waals surface area contributed by atoms with Crippen LogP contribution in [0.25, 0.3) is 0 Å². The maximum Gasteiger partial charge on any atom is 0.274 e. The van der Waals surface area contributed by atoms with E-state index in [1.165, 1.54) is 0 Å². The number of nitrogens with two attached hydrogens (primary N) is 1. The molecule has 1 heterocycles. The molecular weight excluding hydrogens is 282 g/mol. The second-order valence-corrected chi connectivity index (χ2v) is 4.61. The van der Waals surface area contributed by atoms with Gasteiger partial charge in [0.15, 0.2) is 0 Å². The predicted octanol–water partition coefficient (Wildman–Crippen LogP) is 1.44. The number of hydrogen-bond acceptors (Lipinski definition) is 5. The molecule has 0 atom stereocenters. The number of rotatable bonds is 8. The topological polar surface area (TPSA) is 77.7 Å². The minimum absolute atomic E-state index is 0.167. The van der Waals surface area contributed by atoms with Crippen molar-refractivity contribution in [2.24, 2.45) is 0 Å². The molecule has 1 amide bonds. The zero-order valence-corrected chi connectivity index (χ0v) is 12.5. The number of carbonyl (C=O) groups is 1. The summed E-state index contributed by atoms with van der Waals surface area (Å²) in [4.78, 5) is 18.1. The summed E-state index contributed by atoms with van der Waals surface area (Å²) in [6.07, 6.45) is 0.728. The fourth-order valence-corrected chi connectivity index (χ4v) is 1.86. The molecule has 2 N–H and O–H groups in total. The van der Waals surface area contributed by atoms with Crippen molar-refractivity contribution in [1.82, 2.24) is 9.88 Å². The van der Waals surface area contributed by atoms with Gasteiger partial charge in [0.25, 0.3) is 5.91 Å². The van der Waals surface area contributed by atoms with Crippen molar-refractivity contribution in [2.45, 2.75) is 6.42 Å². The minimum atomic E-state index is -0.254. The van der Waals surface area contributed by atoms with Crippen molar-refractivity contribution in [2.75, 3.05) is 46.3 Å². The average Bonchev–Trinajstić information content (AvgIpc) is 2.44. The summed E-state index contributed by atoms with van der Waals surface area (Å²) in [7, 11) is 3.21. The Morgan fingerprint density at radius 3 is 2.65 bits per heavy atom. The SMILES string of the molecule is COCCCN(CCOC)C(=O)c1nc(N)ccc1Cl. The fourth-order valence-electron chi connectivity index (χ4n) is 1.67. The first-order valence-electron chi connectivity index (χ1n) is 6.29. The van der Waals surface area contributed by atoms with Crippen LogP contribution < -0.4 is 5.73 Å². The number of nitrogen functional groups attached to an aromatic ring is 1. The first-order valence-corrected chi connectivity index (χ1v) is 6.67. The van der Waals surface area contributed by atoms with Crippen LogP contribution >= 0.6 is 11.6 Å². The van der Waals surface area contributed by atoms with E-state index in [1.807, 2.05) is 0 Å². The van der Waals surface area contributed by atoms with Crippen molar-refractivity contribution in [3.05, 3.63) is 22.8 Å². The average molecular weight is 302 g/mol. The summed E-state index contributed by atoms with van der Waals surface area (Å²) in [6, 6.07) is 3.13. The molecule has 112 valence electrons. The molecule has 7 heteroatoms. The zero-order chi connectivity index (χ0) is 15.0. The number of ether oxygens (including phenoxy) is 2. The van der Waals surface area contributed by atoms with Gasteiger partial charge in [0.05, 0.1) is 11.6 Å². The largest absolute Gasteiger partial charge is 0.385 e. The Morgan fingerprint density at radius 1 is 1.30 bits per heavy atom. The Kier molecular flexibility index (Phi) is 7.28. The van der Waals surface area contributed by atoms with Gasteiger partial charge in [-0.3, -0.25) is 4.79 Å². The van der Waals surface area contributed by atoms with E-state index in [4.69, 9.17) is 26.8 Å². The molecule has 0 fully saturated rings. The second-order valence-electron chi connectivity index (χ2n) is 4.20. The fraction of sp³-hybridized carbons (Fsp3) is 0.538. The lowest BCUT2D eigenvalue weighted by atomic mass is 10.3. The van der Waals surface area contributed by atoms with Crippen molar-refractivity contribution in [1.29, 1.82) is 0 Å². The van der Waals surface area contributed by atoms with E-state index in [0.717, 1.165) is 6.42 Å². The van der Waals surface area contributed by atoms with Crippen LogP contribution in [0, 0.1) is 0 Å². The van der Waals surface area contributed by atoms with E-state index in [2.05, 4.69) is 4.98 Å². The van der Waals surface area contributed by atoms with Gasteiger partial charge in [-0.05, 0) is 18.6 Å². The van der Waals surface area contributed by atoms with Gasteiger partial charge in [-0.1, -0.05) is 11.6 Å². The molecule has 0 saturated heterocycles. The number of carbonyl (C=O) groups excluding carboxylic acids is 1. The molecule has 1 rings (SSSR count). The summed E-state index contributed by atoms with van der Waals surface area (Å²) in [5, 5.41) is 0.290. The van der Waals surface area contributed by atoms with Crippen LogP contribution in [-0.4, -0.2) is 56.3 Å². The van der Waals surface area contributed by atoms with Gasteiger partial charge in [0, 0.05) is 33.9 Å². The molecule has 1 aromatic rings. The molecule has 0 radical (unpaired) electrons. The summed E-state index contributed by atoms with van der Waals surface area (Å²) >= 11 is 6.01. The molecule has 0 aliphatic carbocycles. The van der Waals surface area contributed by atoms with E-state index in [0.29, 0.717) is 31.3 Å². The highest BCUT2D eigenvalue weighted by atomic mass is 35.5. The van der Waals surface area contributed by atoms with Gasteiger partial charge in [0.2, 0.25) is 0 Å². The highest BCUT2D eigenvalue weighted by Crippen LogP contribution is 2.17. The first-order chi connectivity index (χ1) is 9.60. The molecule has 0 unspecified atom stereocenters. The molecule has 1 aromatic heterocycles. The Bertz CT molecular complexity index is 443. The maximum atomic E-state index is 12.4. The van der Waals surface area contributed by atoms with Crippen molar-refractivity contribution in [3.8, 4) is 0 Å². The third kappa shape index (κ3) is 4.96. The lowest BCUT2D eigenvalue weighted by Gasteiger charge is -2.22. The molecule has 20 heavy (non-hydrogen) atoms. The summed E-state index contributed by atoms with van der Waals surface area (Å²) in [5.74, 6) is 0.0109. The number of nitrogens with zero attached hydrogens (tertiary/aromatic N) is 2. The first kappa shape index (κ1) is 16.7. The standard InChI is InChI=1S/C13H20ClN3O3/c1-19-8-3-6-17(7-9-20-2)13(18)12-10(14)4-5-11(15)16-12/h4-5H,3,6-9H2,1-2H3,(H2,15,16). The Balaban J connectivity index is 2.82. The van der Waals surface area contributed by atoms with Crippen LogP contribution in [-0.2, 0) is 9.47 Å². The molecule has 0 bridgehead atoms. The summed E-state index contributed by atoms with van der Waals surface area (Å²) < 4.78 is 10.0. The number of amides is 1. The Hall–Kier alpha value is -1.37. The summed E-state index contributed by atoms with van der Waals surface area (Å²) in [6.45, 7) is 2.03. The molecule has 0 aliphatic heterocycles. The van der Waals surface area contributed by atoms with Crippen LogP contribution in [0.4, 0.5) is 5.82 Å². The lowest BCUT2D eigenvalue weighted by Crippen LogP contribution is -2.36. The molecule has 0 spiro atoms. The van der Waals surface area contributed by atoms with Gasteiger partial charge >= 0.3 is 0 Å². The number of aromatic nitrogens is 1. The lowest BCUT2D eigenvalue weighted by molar-refractivity contribution is 0.0669. The second kappa shape index (κ2) is 8.73. The molecular formula is C13H20ClN3O3. The van der Waals surface area contributed by atoms with E-state index >= 15 is 0 Å². The van der Waals surface area contributed by atoms with Gasteiger partial charge in [-0.2, -0.15) is 0 Å². The zero-order valence-electron chi connectivity index (χ0n) is 11.8. The van der Waals surface area contributed by atoms with Crippen molar-refractivity contribution < 1.29 is 14.3 Å². The van der Waals surface area contributed by atoms with Gasteiger partial charge in [-0.15, -0.1) is 0 Å². The minimum Gasteiger partial charge on any atom is -0.385 e. The van der Waals surface area contributed by atoms with Crippen LogP contribution in [0.1, 0.15) is 16.9 Å². The van der Waals surface area contributed by atoms with Crippen molar-refractivity contribution >= 4 is 23.3 Å². The number of pyridine rings is 1. The van der Waals surface area contributed by atoms with Crippen LogP contribution in [0.5, 0.6) is 0 Å². The Morgan fingerprint density at radius 2 is 2.00 bits per heavy atom. The number of halogens is 1. The number of anilines is 1. The van der Waals surface area contributed by atoms with Crippen molar-refractivity contribution in [3.63, 3.8) is 0 Å². The summed E-state index contributed by atoms with van der Waals surface area (Å²) in [5.41, 5.74) is 5.77. The molecule has 0 saturated carbocycles. The van der Waals surface area contributed by atoms with Gasteiger partial charge in [-0.25, -0.2) is 4.98 Å². The van der Waals surface area contributed by atoms with E-state index in [-0.39, 0.29) is 17.4 Å². The van der Waals surface area contributed by atoms with Crippen LogP contribution in [0.2, 0.25) is 5.02 Å². The van der Waals surface area contributed by atoms with Crippen LogP contribution in [0.3, 0.4) is 0 Å². The van der Waals surface area contributed by atoms with Gasteiger partial charge in [0.1, 0.15) is 11.5 Å². The highest BCUT2D eigenvalue weighted by Gasteiger charge is 2.19. The predicted molar refractivity (Wildman–Crippen MR) is 77.9 cm³/mol. The normalized spacial score (nSPS) is 10.6. The highest BCUT2D eigenvalue weighted by molar-refractivity contribution is 6.33. The van der Waals surface area contributed by atoms with E-state index in [9.17, 15) is 4.79 Å². The third-order valence-corrected chi connectivity index (χ3v) is 3.00. The molecule has 0 aliphatic rings.